The van der Waals surface area contributed by atoms with Gasteiger partial charge in [0, 0.05) is 9.75 Å². The zero-order chi connectivity index (χ0) is 25.7. The highest BCUT2D eigenvalue weighted by Crippen LogP contribution is 2.12. The average molecular weight is 501 g/mol. The van der Waals surface area contributed by atoms with Crippen LogP contribution in [0.3, 0.4) is 0 Å². The Morgan fingerprint density at radius 1 is 0.576 bits per heavy atom. The molecule has 0 amide bonds. The van der Waals surface area contributed by atoms with Gasteiger partial charge in [-0.1, -0.05) is 108 Å². The lowest BCUT2D eigenvalue weighted by Gasteiger charge is -1.98. The van der Waals surface area contributed by atoms with Crippen LogP contribution in [0.4, 0.5) is 0 Å². The van der Waals surface area contributed by atoms with Crippen molar-refractivity contribution in [3.05, 3.63) is 67.6 Å². The van der Waals surface area contributed by atoms with Crippen molar-refractivity contribution < 1.29 is 0 Å². The maximum Gasteiger partial charge on any atom is 0.00433 e. The monoisotopic (exact) mass is 500 g/mol. The molecule has 0 saturated carbocycles. The quantitative estimate of drug-likeness (QED) is 0.337. The van der Waals surface area contributed by atoms with Crippen LogP contribution in [0, 0.1) is 27.7 Å². The van der Waals surface area contributed by atoms with Crippen LogP contribution in [-0.4, -0.2) is 0 Å². The highest BCUT2D eigenvalue weighted by Gasteiger charge is 1.89. The lowest BCUT2D eigenvalue weighted by Crippen LogP contribution is -1.78. The van der Waals surface area contributed by atoms with E-state index >= 15 is 0 Å². The van der Waals surface area contributed by atoms with E-state index in [9.17, 15) is 0 Å². The largest absolute Gasteiger partial charge is 0.149 e. The van der Waals surface area contributed by atoms with E-state index in [4.69, 9.17) is 0 Å². The Morgan fingerprint density at radius 3 is 1.00 bits per heavy atom. The summed E-state index contributed by atoms with van der Waals surface area (Å²) in [6, 6.07) is 4.28. The third-order valence-corrected chi connectivity index (χ3v) is 5.35. The Morgan fingerprint density at radius 2 is 0.909 bits per heavy atom. The highest BCUT2D eigenvalue weighted by molar-refractivity contribution is 7.10. The van der Waals surface area contributed by atoms with Gasteiger partial charge in [-0.2, -0.15) is 0 Å². The second-order valence-corrected chi connectivity index (χ2v) is 7.54. The lowest BCUT2D eigenvalue weighted by molar-refractivity contribution is 0.962. The molecule has 0 fully saturated rings. The van der Waals surface area contributed by atoms with Gasteiger partial charge in [-0.05, 0) is 81.5 Å². The molecule has 0 spiro atoms. The Hall–Kier alpha value is -1.12. The molecule has 1 aliphatic rings. The van der Waals surface area contributed by atoms with Gasteiger partial charge in [-0.15, -0.1) is 22.7 Å². The molecule has 0 nitrogen and oxygen atoms in total. The molecule has 2 heterocycles. The fraction of sp³-hybridized carbons (Fsp3) is 0.613. The van der Waals surface area contributed by atoms with E-state index in [2.05, 4.69) is 75.7 Å². The molecule has 3 rings (SSSR count). The van der Waals surface area contributed by atoms with Crippen molar-refractivity contribution >= 4 is 22.7 Å². The maximum atomic E-state index is 2.20. The van der Waals surface area contributed by atoms with E-state index in [0.717, 1.165) is 0 Å². The van der Waals surface area contributed by atoms with Crippen molar-refractivity contribution in [2.75, 3.05) is 0 Å². The van der Waals surface area contributed by atoms with Crippen molar-refractivity contribution in [1.29, 1.82) is 0 Å². The van der Waals surface area contributed by atoms with Gasteiger partial charge in [0.05, 0.1) is 0 Å². The first-order valence-electron chi connectivity index (χ1n) is 12.3. The Balaban J connectivity index is -0.0000000504. The van der Waals surface area contributed by atoms with Crippen LogP contribution in [0.5, 0.6) is 0 Å². The number of allylic oxidation sites excluding steroid dienone is 4. The molecule has 0 aliphatic heterocycles. The molecule has 2 aromatic rings. The summed E-state index contributed by atoms with van der Waals surface area (Å²) in [7, 11) is 0. The van der Waals surface area contributed by atoms with Crippen LogP contribution in [0.1, 0.15) is 125 Å². The number of hydrogen-bond acceptors (Lipinski definition) is 2. The molecule has 2 heteroatoms. The van der Waals surface area contributed by atoms with Crippen LogP contribution in [0.2, 0.25) is 0 Å². The fourth-order valence-corrected chi connectivity index (χ4v) is 3.08. The Labute approximate surface area is 221 Å². The van der Waals surface area contributed by atoms with Gasteiger partial charge in [-0.25, -0.2) is 0 Å². The van der Waals surface area contributed by atoms with Crippen LogP contribution >= 0.6 is 22.7 Å². The summed E-state index contributed by atoms with van der Waals surface area (Å²) in [5.41, 5.74) is 4.32. The van der Waals surface area contributed by atoms with E-state index in [1.165, 1.54) is 39.3 Å². The summed E-state index contributed by atoms with van der Waals surface area (Å²) in [5, 5.41) is 4.23. The van der Waals surface area contributed by atoms with Gasteiger partial charge in [0.2, 0.25) is 0 Å². The molecular formula is C31H64S2. The highest BCUT2D eigenvalue weighted by atomic mass is 32.1. The van der Waals surface area contributed by atoms with Gasteiger partial charge in [0.1, 0.15) is 0 Å². The zero-order valence-corrected chi connectivity index (χ0v) is 25.4. The topological polar surface area (TPSA) is 0 Å². The van der Waals surface area contributed by atoms with Gasteiger partial charge in [0.25, 0.3) is 0 Å². The van der Waals surface area contributed by atoms with Gasteiger partial charge in [0.15, 0.2) is 0 Å². The molecule has 33 heavy (non-hydrogen) atoms. The molecule has 2 aromatic heterocycles. The minimum absolute atomic E-state index is 0. The van der Waals surface area contributed by atoms with E-state index in [0.29, 0.717) is 0 Å². The summed E-state index contributed by atoms with van der Waals surface area (Å²) in [6.45, 7) is 30.7. The molecule has 0 radical (unpaired) electrons. The van der Waals surface area contributed by atoms with Crippen molar-refractivity contribution in [2.45, 2.75) is 132 Å². The molecular weight excluding hydrogens is 436 g/mol. The number of hydrogen-bond donors (Lipinski definition) is 0. The summed E-state index contributed by atoms with van der Waals surface area (Å²) in [5.74, 6) is 0. The van der Waals surface area contributed by atoms with E-state index in [1.54, 1.807) is 22.7 Å². The number of rotatable bonds is 0. The van der Waals surface area contributed by atoms with Gasteiger partial charge >= 0.3 is 0 Å². The van der Waals surface area contributed by atoms with Crippen LogP contribution in [0.15, 0.2) is 46.7 Å². The molecule has 200 valence electrons. The van der Waals surface area contributed by atoms with Crippen molar-refractivity contribution in [3.8, 4) is 0 Å². The minimum atomic E-state index is 0. The smallest absolute Gasteiger partial charge is 0.00433 e. The third kappa shape index (κ3) is 35.6. The molecule has 0 aromatic carbocycles. The standard InChI is InChI=1S/C7H10.2C6H8S.5C2H6.2CH4/c1-7-5-3-2-4-6-7;2*1-5-3-4-7-6(5)2;5*1-2;;/h2-3,5H,4,6H2,1H3;2*3-4H,1-2H3;5*1-2H3;2*1H4. The van der Waals surface area contributed by atoms with E-state index < -0.39 is 0 Å². The molecule has 0 unspecified atom stereocenters. The Kier molecular flexibility index (Phi) is 66.3. The SMILES string of the molecule is C.C.CC.CC.CC.CC.CC.CC1=CC=CCC1.Cc1ccsc1C.Cc1ccsc1C. The van der Waals surface area contributed by atoms with Crippen LogP contribution in [0.25, 0.3) is 0 Å². The molecule has 1 aliphatic carbocycles. The predicted molar refractivity (Wildman–Crippen MR) is 170 cm³/mol. The van der Waals surface area contributed by atoms with Gasteiger partial charge in [-0.3, -0.25) is 0 Å². The summed E-state index contributed by atoms with van der Waals surface area (Å²) >= 11 is 3.61. The average Bonchev–Trinajstić information content (AvgIpc) is 3.42. The normalized spacial score (nSPS) is 9.00. The zero-order valence-electron chi connectivity index (χ0n) is 23.8. The van der Waals surface area contributed by atoms with Crippen molar-refractivity contribution in [1.82, 2.24) is 0 Å². The maximum absolute atomic E-state index is 2.20. The van der Waals surface area contributed by atoms with Crippen molar-refractivity contribution in [3.63, 3.8) is 0 Å². The van der Waals surface area contributed by atoms with E-state index in [-0.39, 0.29) is 14.9 Å². The second-order valence-electron chi connectivity index (χ2n) is 5.30. The second kappa shape index (κ2) is 44.5. The first-order chi connectivity index (χ1) is 15.0. The third-order valence-electron chi connectivity index (χ3n) is 3.46. The predicted octanol–water partition coefficient (Wildman–Crippen LogP) is 13.4. The van der Waals surface area contributed by atoms with E-state index in [1.807, 2.05) is 69.2 Å². The lowest BCUT2D eigenvalue weighted by atomic mass is 10.1. The summed E-state index contributed by atoms with van der Waals surface area (Å²) in [4.78, 5) is 2.86. The van der Waals surface area contributed by atoms with Crippen LogP contribution in [-0.2, 0) is 0 Å². The number of aryl methyl sites for hydroxylation is 4. The molecule has 0 saturated heterocycles. The summed E-state index contributed by atoms with van der Waals surface area (Å²) < 4.78 is 0. The minimum Gasteiger partial charge on any atom is -0.149 e. The van der Waals surface area contributed by atoms with Crippen molar-refractivity contribution in [2.24, 2.45) is 0 Å². The van der Waals surface area contributed by atoms with Crippen LogP contribution < -0.4 is 0 Å². The molecule has 0 N–H and O–H groups in total. The molecule has 0 atom stereocenters. The first-order valence-corrected chi connectivity index (χ1v) is 14.1. The fourth-order valence-electron chi connectivity index (χ4n) is 1.62. The molecule has 0 bridgehead atoms. The first kappa shape index (κ1) is 49.1. The Bertz CT molecular complexity index is 512. The summed E-state index contributed by atoms with van der Waals surface area (Å²) in [6.07, 6.45) is 8.99. The van der Waals surface area contributed by atoms with Gasteiger partial charge < -0.3 is 0 Å². The number of thiophene rings is 2.